The zero-order valence-corrected chi connectivity index (χ0v) is 18.2. The second-order valence-corrected chi connectivity index (χ2v) is 7.41. The van der Waals surface area contributed by atoms with Gasteiger partial charge in [0.25, 0.3) is 5.91 Å². The molecule has 2 N–H and O–H groups in total. The van der Waals surface area contributed by atoms with Crippen molar-refractivity contribution in [2.45, 2.75) is 37.8 Å². The first-order valence-electron chi connectivity index (χ1n) is 9.63. The number of halogens is 2. The summed E-state index contributed by atoms with van der Waals surface area (Å²) in [7, 11) is 1.56. The van der Waals surface area contributed by atoms with Gasteiger partial charge in [0.15, 0.2) is 11.5 Å². The number of hydrogen-bond acceptors (Lipinski definition) is 4. The van der Waals surface area contributed by atoms with E-state index in [2.05, 4.69) is 16.8 Å². The Morgan fingerprint density at radius 2 is 1.94 bits per heavy atom. The molecule has 1 aliphatic carbocycles. The third-order valence-corrected chi connectivity index (χ3v) is 5.45. The Balaban J connectivity index is 0.00000272. The van der Waals surface area contributed by atoms with Gasteiger partial charge in [-0.15, -0.1) is 5.92 Å². The number of carbonyl (C=O) groups excluding carboxylic acids is 1. The Kier molecular flexibility index (Phi) is 6.27. The van der Waals surface area contributed by atoms with E-state index in [1.54, 1.807) is 32.2 Å². The van der Waals surface area contributed by atoms with E-state index < -0.39 is 12.2 Å². The summed E-state index contributed by atoms with van der Waals surface area (Å²) in [6.07, 6.45) is 1.77. The summed E-state index contributed by atoms with van der Waals surface area (Å²) in [6, 6.07) is 12.1. The molecular formula is C23H23F2N3O2S. The molecule has 1 amide bonds. The minimum atomic E-state index is -2.92. The molecule has 2 aliphatic rings. The van der Waals surface area contributed by atoms with Crippen LogP contribution < -0.4 is 10.5 Å². The van der Waals surface area contributed by atoms with Crippen molar-refractivity contribution >= 4 is 25.4 Å². The zero-order chi connectivity index (χ0) is 21.5. The molecular weight excluding hydrogens is 420 g/mol. The number of rotatable bonds is 5. The van der Waals surface area contributed by atoms with Crippen LogP contribution in [0.25, 0.3) is 0 Å². The molecule has 2 aromatic carbocycles. The van der Waals surface area contributed by atoms with Crippen molar-refractivity contribution in [2.24, 2.45) is 10.7 Å². The summed E-state index contributed by atoms with van der Waals surface area (Å²) in [5.74, 6) is 5.87. The predicted octanol–water partition coefficient (Wildman–Crippen LogP) is 3.68. The van der Waals surface area contributed by atoms with Crippen molar-refractivity contribution in [1.82, 2.24) is 4.90 Å². The molecule has 1 atom stereocenters. The Hall–Kier alpha value is -3.05. The fourth-order valence-electron chi connectivity index (χ4n) is 3.84. The molecule has 5 nitrogen and oxygen atoms in total. The maximum Gasteiger partial charge on any atom is 0.387 e. The molecule has 0 saturated heterocycles. The lowest BCUT2D eigenvalue weighted by molar-refractivity contribution is -0.129. The van der Waals surface area contributed by atoms with Crippen molar-refractivity contribution < 1.29 is 18.3 Å². The van der Waals surface area contributed by atoms with Crippen molar-refractivity contribution in [3.05, 3.63) is 64.7 Å². The SMILES string of the molecule is CC#Cc1cccc([C@@]2(c3ccc(OC(F)F)c(C4CC4)c3)N=C(N)N(C)C2=O)c1.S. The van der Waals surface area contributed by atoms with Gasteiger partial charge in [0.1, 0.15) is 5.75 Å². The maximum absolute atomic E-state index is 13.4. The number of nitrogens with two attached hydrogens (primary N) is 1. The van der Waals surface area contributed by atoms with E-state index in [9.17, 15) is 13.6 Å². The highest BCUT2D eigenvalue weighted by Crippen LogP contribution is 2.48. The van der Waals surface area contributed by atoms with Crippen molar-refractivity contribution in [2.75, 3.05) is 7.05 Å². The van der Waals surface area contributed by atoms with E-state index in [1.807, 2.05) is 18.2 Å². The molecule has 8 heteroatoms. The van der Waals surface area contributed by atoms with Gasteiger partial charge in [0, 0.05) is 12.6 Å². The zero-order valence-electron chi connectivity index (χ0n) is 17.2. The lowest BCUT2D eigenvalue weighted by atomic mass is 9.81. The normalized spacial score (nSPS) is 20.1. The Morgan fingerprint density at radius 3 is 2.52 bits per heavy atom. The van der Waals surface area contributed by atoms with Crippen molar-refractivity contribution in [3.63, 3.8) is 0 Å². The van der Waals surface area contributed by atoms with E-state index in [0.29, 0.717) is 16.7 Å². The molecule has 0 unspecified atom stereocenters. The molecule has 1 saturated carbocycles. The van der Waals surface area contributed by atoms with Gasteiger partial charge < -0.3 is 10.5 Å². The smallest absolute Gasteiger partial charge is 0.387 e. The number of aliphatic imine (C=N–C) groups is 1. The molecule has 31 heavy (non-hydrogen) atoms. The highest BCUT2D eigenvalue weighted by Gasteiger charge is 2.50. The predicted molar refractivity (Wildman–Crippen MR) is 120 cm³/mol. The Morgan fingerprint density at radius 1 is 1.23 bits per heavy atom. The maximum atomic E-state index is 13.4. The number of carbonyl (C=O) groups is 1. The van der Waals surface area contributed by atoms with Crippen LogP contribution in [0.1, 0.15) is 47.9 Å². The number of alkyl halides is 2. The van der Waals surface area contributed by atoms with Gasteiger partial charge >= 0.3 is 6.61 Å². The fourth-order valence-corrected chi connectivity index (χ4v) is 3.84. The van der Waals surface area contributed by atoms with E-state index in [-0.39, 0.29) is 37.0 Å². The standard InChI is InChI=1S/C23H21F2N3O2.H2S/c1-3-5-14-6-4-7-16(12-14)23(20(29)28(2)22(26)27-23)17-10-11-19(30-21(24)25)18(13-17)15-8-9-15;/h4,6-7,10-13,15,21H,8-9H2,1-2H3,(H2,26,27);1H2/t23-;/m0./s1. The van der Waals surface area contributed by atoms with Crippen LogP contribution >= 0.6 is 13.5 Å². The molecule has 4 rings (SSSR count). The van der Waals surface area contributed by atoms with Crippen LogP contribution in [-0.4, -0.2) is 30.4 Å². The van der Waals surface area contributed by atoms with Gasteiger partial charge in [-0.25, -0.2) is 4.99 Å². The van der Waals surface area contributed by atoms with E-state index in [1.165, 1.54) is 11.0 Å². The fraction of sp³-hybridized carbons (Fsp3) is 0.304. The quantitative estimate of drug-likeness (QED) is 0.717. The molecule has 2 aromatic rings. The highest BCUT2D eigenvalue weighted by molar-refractivity contribution is 7.59. The molecule has 0 bridgehead atoms. The third kappa shape index (κ3) is 3.98. The summed E-state index contributed by atoms with van der Waals surface area (Å²) >= 11 is 0. The van der Waals surface area contributed by atoms with Crippen LogP contribution in [-0.2, 0) is 10.3 Å². The third-order valence-electron chi connectivity index (χ3n) is 5.45. The first-order valence-corrected chi connectivity index (χ1v) is 9.63. The van der Waals surface area contributed by atoms with Gasteiger partial charge in [-0.3, -0.25) is 9.69 Å². The summed E-state index contributed by atoms with van der Waals surface area (Å²) in [5, 5.41) is 0. The van der Waals surface area contributed by atoms with Crippen LogP contribution in [0.4, 0.5) is 8.78 Å². The lowest BCUT2D eigenvalue weighted by Crippen LogP contribution is -2.41. The monoisotopic (exact) mass is 443 g/mol. The minimum Gasteiger partial charge on any atom is -0.435 e. The number of nitrogens with zero attached hydrogens (tertiary/aromatic N) is 2. The summed E-state index contributed by atoms with van der Waals surface area (Å²) in [4.78, 5) is 19.3. The van der Waals surface area contributed by atoms with Gasteiger partial charge in [-0.2, -0.15) is 22.3 Å². The topological polar surface area (TPSA) is 67.9 Å². The van der Waals surface area contributed by atoms with E-state index >= 15 is 0 Å². The van der Waals surface area contributed by atoms with Crippen LogP contribution in [0.2, 0.25) is 0 Å². The van der Waals surface area contributed by atoms with Crippen molar-refractivity contribution in [1.29, 1.82) is 0 Å². The van der Waals surface area contributed by atoms with Gasteiger partial charge in [-0.1, -0.05) is 24.1 Å². The molecule has 0 aromatic heterocycles. The number of amides is 1. The molecule has 0 radical (unpaired) electrons. The number of ether oxygens (including phenoxy) is 1. The number of benzene rings is 2. The van der Waals surface area contributed by atoms with Gasteiger partial charge in [-0.05, 0) is 66.6 Å². The van der Waals surface area contributed by atoms with Gasteiger partial charge in [0.2, 0.25) is 0 Å². The van der Waals surface area contributed by atoms with Crippen LogP contribution in [0, 0.1) is 11.8 Å². The Bertz CT molecular complexity index is 1110. The number of likely N-dealkylation sites (N-methyl/N-ethyl adjacent to an activating group) is 1. The second kappa shape index (κ2) is 8.60. The van der Waals surface area contributed by atoms with Crippen LogP contribution in [0.3, 0.4) is 0 Å². The molecule has 1 fully saturated rings. The van der Waals surface area contributed by atoms with Crippen LogP contribution in [0.15, 0.2) is 47.5 Å². The van der Waals surface area contributed by atoms with Crippen molar-refractivity contribution in [3.8, 4) is 17.6 Å². The average molecular weight is 444 g/mol. The van der Waals surface area contributed by atoms with Crippen LogP contribution in [0.5, 0.6) is 5.75 Å². The molecule has 162 valence electrons. The molecule has 0 spiro atoms. The largest absolute Gasteiger partial charge is 0.435 e. The van der Waals surface area contributed by atoms with E-state index in [0.717, 1.165) is 18.4 Å². The minimum absolute atomic E-state index is 0. The highest BCUT2D eigenvalue weighted by atomic mass is 32.1. The van der Waals surface area contributed by atoms with E-state index in [4.69, 9.17) is 10.5 Å². The number of guanidine groups is 1. The summed E-state index contributed by atoms with van der Waals surface area (Å²) in [5.41, 5.74) is 7.20. The molecule has 1 heterocycles. The Labute approximate surface area is 186 Å². The molecule has 1 aliphatic heterocycles. The van der Waals surface area contributed by atoms with Gasteiger partial charge in [0.05, 0.1) is 0 Å². The number of hydrogen-bond donors (Lipinski definition) is 1. The first-order chi connectivity index (χ1) is 14.4. The summed E-state index contributed by atoms with van der Waals surface area (Å²) in [6.45, 7) is -1.18. The lowest BCUT2D eigenvalue weighted by Gasteiger charge is -2.27. The first kappa shape index (κ1) is 22.6. The summed E-state index contributed by atoms with van der Waals surface area (Å²) < 4.78 is 30.5. The second-order valence-electron chi connectivity index (χ2n) is 7.41. The average Bonchev–Trinajstić information content (AvgIpc) is 3.53.